The maximum Gasteiger partial charge on any atom is 0.0847 e. The Bertz CT molecular complexity index is 673. The summed E-state index contributed by atoms with van der Waals surface area (Å²) in [4.78, 5) is 9.60. The van der Waals surface area contributed by atoms with E-state index in [-0.39, 0.29) is 5.88 Å². The van der Waals surface area contributed by atoms with Crippen molar-refractivity contribution >= 4 is 28.2 Å². The third kappa shape index (κ3) is 4.57. The fourth-order valence-corrected chi connectivity index (χ4v) is 3.00. The molecule has 0 radical (unpaired) electrons. The number of alkyl halides is 1. The van der Waals surface area contributed by atoms with Crippen molar-refractivity contribution in [2.75, 3.05) is 51.0 Å². The van der Waals surface area contributed by atoms with Crippen LogP contribution in [-0.4, -0.2) is 71.6 Å². The summed E-state index contributed by atoms with van der Waals surface area (Å²) < 4.78 is 0. The van der Waals surface area contributed by atoms with Gasteiger partial charge in [0.1, 0.15) is 0 Å². The van der Waals surface area contributed by atoms with Gasteiger partial charge in [-0.25, -0.2) is 0 Å². The van der Waals surface area contributed by atoms with Crippen molar-refractivity contribution in [2.45, 2.75) is 12.6 Å². The molecule has 6 heteroatoms. The van der Waals surface area contributed by atoms with E-state index in [9.17, 15) is 5.11 Å². The second-order valence-corrected chi connectivity index (χ2v) is 6.79. The van der Waals surface area contributed by atoms with Crippen molar-refractivity contribution < 1.29 is 5.11 Å². The van der Waals surface area contributed by atoms with Gasteiger partial charge in [-0.15, -0.1) is 11.6 Å². The zero-order valence-corrected chi connectivity index (χ0v) is 14.8. The Morgan fingerprint density at radius 2 is 2.00 bits per heavy atom. The lowest BCUT2D eigenvalue weighted by Gasteiger charge is -2.32. The van der Waals surface area contributed by atoms with Crippen LogP contribution < -0.4 is 5.32 Å². The number of halogens is 1. The lowest BCUT2D eigenvalue weighted by Crippen LogP contribution is -2.43. The summed E-state index contributed by atoms with van der Waals surface area (Å²) in [5.41, 5.74) is 3.09. The summed E-state index contributed by atoms with van der Waals surface area (Å²) in [6.07, 6.45) is -0.536. The smallest absolute Gasteiger partial charge is 0.0847 e. The van der Waals surface area contributed by atoms with E-state index < -0.39 is 6.10 Å². The first-order valence-corrected chi connectivity index (χ1v) is 8.96. The molecule has 0 amide bonds. The van der Waals surface area contributed by atoms with E-state index in [4.69, 9.17) is 16.6 Å². The van der Waals surface area contributed by atoms with E-state index in [0.29, 0.717) is 6.54 Å². The minimum atomic E-state index is -0.536. The highest BCUT2D eigenvalue weighted by Crippen LogP contribution is 2.19. The lowest BCUT2D eigenvalue weighted by molar-refractivity contribution is 0.147. The van der Waals surface area contributed by atoms with Crippen molar-refractivity contribution in [3.8, 4) is 0 Å². The maximum atomic E-state index is 9.53. The predicted octanol–water partition coefficient (Wildman–Crippen LogP) is 1.99. The minimum absolute atomic E-state index is 0.234. The Labute approximate surface area is 148 Å². The van der Waals surface area contributed by atoms with Crippen LogP contribution in [0.2, 0.25) is 0 Å². The van der Waals surface area contributed by atoms with Gasteiger partial charge < -0.3 is 15.3 Å². The predicted molar refractivity (Wildman–Crippen MR) is 99.7 cm³/mol. The number of aliphatic hydroxyl groups excluding tert-OH is 1. The van der Waals surface area contributed by atoms with Crippen molar-refractivity contribution in [3.05, 3.63) is 36.0 Å². The first kappa shape index (κ1) is 17.4. The fourth-order valence-electron chi connectivity index (χ4n) is 2.89. The molecule has 1 aromatic heterocycles. The Morgan fingerprint density at radius 1 is 1.21 bits per heavy atom. The molecule has 0 bridgehead atoms. The molecule has 130 valence electrons. The summed E-state index contributed by atoms with van der Waals surface area (Å²) in [6, 6.07) is 10.3. The highest BCUT2D eigenvalue weighted by atomic mass is 35.5. The molecule has 1 aliphatic rings. The molecule has 5 nitrogen and oxygen atoms in total. The second kappa shape index (κ2) is 8.12. The first-order valence-electron chi connectivity index (χ1n) is 8.42. The van der Waals surface area contributed by atoms with Gasteiger partial charge in [-0.2, -0.15) is 0 Å². The molecule has 0 saturated carbocycles. The summed E-state index contributed by atoms with van der Waals surface area (Å²) in [5, 5.41) is 13.8. The van der Waals surface area contributed by atoms with E-state index in [0.717, 1.165) is 55.0 Å². The van der Waals surface area contributed by atoms with E-state index in [1.54, 1.807) is 0 Å². The van der Waals surface area contributed by atoms with Gasteiger partial charge in [0.2, 0.25) is 0 Å². The van der Waals surface area contributed by atoms with Crippen LogP contribution in [0.4, 0.5) is 5.69 Å². The van der Waals surface area contributed by atoms with Crippen LogP contribution in [-0.2, 0) is 6.54 Å². The van der Waals surface area contributed by atoms with E-state index in [1.165, 1.54) is 0 Å². The quantitative estimate of drug-likeness (QED) is 0.782. The highest BCUT2D eigenvalue weighted by Gasteiger charge is 2.14. The summed E-state index contributed by atoms with van der Waals surface area (Å²) >= 11 is 5.61. The SMILES string of the molecule is CN1CCN(Cc2ccc3cc(NCC(O)CCl)ccc3n2)CC1. The zero-order chi connectivity index (χ0) is 16.9. The maximum absolute atomic E-state index is 9.53. The highest BCUT2D eigenvalue weighted by molar-refractivity contribution is 6.18. The largest absolute Gasteiger partial charge is 0.390 e. The third-order valence-electron chi connectivity index (χ3n) is 4.45. The molecule has 2 heterocycles. The van der Waals surface area contributed by atoms with Gasteiger partial charge in [0, 0.05) is 50.3 Å². The average Bonchev–Trinajstić information content (AvgIpc) is 2.61. The van der Waals surface area contributed by atoms with Crippen molar-refractivity contribution in [1.82, 2.24) is 14.8 Å². The van der Waals surface area contributed by atoms with E-state index >= 15 is 0 Å². The van der Waals surface area contributed by atoms with Gasteiger partial charge in [-0.3, -0.25) is 9.88 Å². The molecular formula is C18H25ClN4O. The normalized spacial score (nSPS) is 18.0. The van der Waals surface area contributed by atoms with Crippen LogP contribution in [0.3, 0.4) is 0 Å². The van der Waals surface area contributed by atoms with Gasteiger partial charge >= 0.3 is 0 Å². The molecule has 1 fully saturated rings. The molecule has 1 unspecified atom stereocenters. The summed E-state index contributed by atoms with van der Waals surface area (Å²) in [7, 11) is 2.17. The molecule has 0 aliphatic carbocycles. The average molecular weight is 349 g/mol. The van der Waals surface area contributed by atoms with E-state index in [2.05, 4.69) is 40.4 Å². The van der Waals surface area contributed by atoms with Gasteiger partial charge in [-0.1, -0.05) is 6.07 Å². The number of pyridine rings is 1. The second-order valence-electron chi connectivity index (χ2n) is 6.48. The zero-order valence-electron chi connectivity index (χ0n) is 14.1. The topological polar surface area (TPSA) is 51.6 Å². The van der Waals surface area contributed by atoms with Gasteiger partial charge in [0.25, 0.3) is 0 Å². The molecule has 1 atom stereocenters. The fraction of sp³-hybridized carbons (Fsp3) is 0.500. The molecule has 3 rings (SSSR count). The number of aliphatic hydroxyl groups is 1. The number of aromatic nitrogens is 1. The summed E-state index contributed by atoms with van der Waals surface area (Å²) in [6.45, 7) is 5.80. The van der Waals surface area contributed by atoms with Gasteiger partial charge in [0.15, 0.2) is 0 Å². The van der Waals surface area contributed by atoms with Crippen LogP contribution in [0.5, 0.6) is 0 Å². The Kier molecular flexibility index (Phi) is 5.89. The third-order valence-corrected chi connectivity index (χ3v) is 4.80. The van der Waals surface area contributed by atoms with E-state index in [1.807, 2.05) is 12.1 Å². The van der Waals surface area contributed by atoms with Crippen LogP contribution >= 0.6 is 11.6 Å². The van der Waals surface area contributed by atoms with Crippen LogP contribution in [0.25, 0.3) is 10.9 Å². The van der Waals surface area contributed by atoms with Crippen molar-refractivity contribution in [1.29, 1.82) is 0 Å². The van der Waals surface area contributed by atoms with Gasteiger partial charge in [0.05, 0.1) is 23.2 Å². The number of piperazine rings is 1. The van der Waals surface area contributed by atoms with Crippen molar-refractivity contribution in [2.24, 2.45) is 0 Å². The number of hydrogen-bond acceptors (Lipinski definition) is 5. The monoisotopic (exact) mass is 348 g/mol. The molecule has 2 N–H and O–H groups in total. The number of fused-ring (bicyclic) bond motifs is 1. The number of likely N-dealkylation sites (N-methyl/N-ethyl adjacent to an activating group) is 1. The number of rotatable bonds is 6. The standard InChI is InChI=1S/C18H25ClN4O/c1-22-6-8-23(9-7-22)13-16-3-2-14-10-15(4-5-18(14)21-16)20-12-17(24)11-19/h2-5,10,17,20,24H,6-9,11-13H2,1H3. The summed E-state index contributed by atoms with van der Waals surface area (Å²) in [5.74, 6) is 0.234. The molecular weight excluding hydrogens is 324 g/mol. The molecule has 24 heavy (non-hydrogen) atoms. The number of anilines is 1. The Morgan fingerprint density at radius 3 is 2.75 bits per heavy atom. The van der Waals surface area contributed by atoms with Crippen molar-refractivity contribution in [3.63, 3.8) is 0 Å². The molecule has 2 aromatic rings. The molecule has 1 saturated heterocycles. The molecule has 0 spiro atoms. The minimum Gasteiger partial charge on any atom is -0.390 e. The Hall–Kier alpha value is -1.40. The molecule has 1 aliphatic heterocycles. The van der Waals surface area contributed by atoms with Gasteiger partial charge in [-0.05, 0) is 31.3 Å². The van der Waals surface area contributed by atoms with Crippen LogP contribution in [0.1, 0.15) is 5.69 Å². The number of nitrogens with one attached hydrogen (secondary N) is 1. The number of hydrogen-bond donors (Lipinski definition) is 2. The number of benzene rings is 1. The number of nitrogens with zero attached hydrogens (tertiary/aromatic N) is 3. The molecule has 1 aromatic carbocycles. The lowest BCUT2D eigenvalue weighted by atomic mass is 10.1. The van der Waals surface area contributed by atoms with Crippen LogP contribution in [0.15, 0.2) is 30.3 Å². The Balaban J connectivity index is 1.65. The first-order chi connectivity index (χ1) is 11.6. The van der Waals surface area contributed by atoms with Crippen LogP contribution in [0, 0.1) is 0 Å².